The minimum absolute atomic E-state index is 0.448. The van der Waals surface area contributed by atoms with Crippen LogP contribution in [0, 0.1) is 0 Å². The second kappa shape index (κ2) is 8.04. The van der Waals surface area contributed by atoms with E-state index in [0.29, 0.717) is 0 Å². The molecule has 0 aliphatic carbocycles. The summed E-state index contributed by atoms with van der Waals surface area (Å²) in [5.74, 6) is -5.86. The SMILES string of the molecule is CC(=O)OC[C@H]1O[C@](F)(COC(C)=O)[C@@H](OC(C)=O)[C@@H]1OC(C)=O. The summed E-state index contributed by atoms with van der Waals surface area (Å²) in [5.41, 5.74) is 0. The number of carbonyl (C=O) groups excluding carboxylic acids is 4. The fourth-order valence-electron chi connectivity index (χ4n) is 2.13. The predicted molar refractivity (Wildman–Crippen MR) is 73.1 cm³/mol. The Morgan fingerprint density at radius 2 is 1.46 bits per heavy atom. The van der Waals surface area contributed by atoms with Gasteiger partial charge in [-0.25, -0.2) is 4.39 Å². The van der Waals surface area contributed by atoms with Gasteiger partial charge < -0.3 is 23.7 Å². The molecule has 0 saturated carbocycles. The van der Waals surface area contributed by atoms with Gasteiger partial charge in [-0.1, -0.05) is 0 Å². The quantitative estimate of drug-likeness (QED) is 0.484. The van der Waals surface area contributed by atoms with Gasteiger partial charge in [-0.05, 0) is 0 Å². The molecule has 9 nitrogen and oxygen atoms in total. The molecule has 0 bridgehead atoms. The van der Waals surface area contributed by atoms with Crippen LogP contribution in [-0.4, -0.2) is 61.3 Å². The van der Waals surface area contributed by atoms with Gasteiger partial charge in [0.05, 0.1) is 0 Å². The number of halogens is 1. The summed E-state index contributed by atoms with van der Waals surface area (Å²) >= 11 is 0. The molecule has 0 unspecified atom stereocenters. The molecule has 0 aromatic carbocycles. The van der Waals surface area contributed by atoms with Crippen LogP contribution in [0.5, 0.6) is 0 Å². The molecule has 0 radical (unpaired) electrons. The Labute approximate surface area is 137 Å². The van der Waals surface area contributed by atoms with E-state index in [0.717, 1.165) is 27.7 Å². The monoisotopic (exact) mass is 350 g/mol. The van der Waals surface area contributed by atoms with Crippen molar-refractivity contribution in [3.63, 3.8) is 0 Å². The first-order valence-electron chi connectivity index (χ1n) is 7.03. The molecule has 1 aliphatic rings. The molecule has 1 aliphatic heterocycles. The number of esters is 4. The number of ether oxygens (including phenoxy) is 5. The summed E-state index contributed by atoms with van der Waals surface area (Å²) in [6.07, 6.45) is -4.33. The number of hydrogen-bond donors (Lipinski definition) is 0. The molecule has 1 heterocycles. The fourth-order valence-corrected chi connectivity index (χ4v) is 2.13. The molecule has 1 fully saturated rings. The van der Waals surface area contributed by atoms with E-state index in [1.165, 1.54) is 0 Å². The maximum absolute atomic E-state index is 15.1. The Morgan fingerprint density at radius 1 is 0.917 bits per heavy atom. The van der Waals surface area contributed by atoms with Crippen molar-refractivity contribution in [2.24, 2.45) is 0 Å². The van der Waals surface area contributed by atoms with Crippen LogP contribution in [0.4, 0.5) is 4.39 Å². The van der Waals surface area contributed by atoms with Crippen molar-refractivity contribution in [2.75, 3.05) is 13.2 Å². The Morgan fingerprint density at radius 3 is 1.92 bits per heavy atom. The van der Waals surface area contributed by atoms with Crippen LogP contribution in [0.15, 0.2) is 0 Å². The standard InChI is InChI=1S/C14H19FO9/c1-7(16)20-5-11-12(22-9(3)18)13(23-10(4)19)14(15,24-11)6-21-8(2)17/h11-13H,5-6H2,1-4H3/t11-,12-,13+,14-/m1/s1. The molecular weight excluding hydrogens is 331 g/mol. The van der Waals surface area contributed by atoms with Gasteiger partial charge in [0, 0.05) is 27.7 Å². The molecule has 0 spiro atoms. The van der Waals surface area contributed by atoms with E-state index in [1.807, 2.05) is 0 Å². The number of hydrogen-bond acceptors (Lipinski definition) is 9. The van der Waals surface area contributed by atoms with Gasteiger partial charge in [0.25, 0.3) is 5.85 Å². The highest BCUT2D eigenvalue weighted by Crippen LogP contribution is 2.37. The Balaban J connectivity index is 3.07. The van der Waals surface area contributed by atoms with E-state index in [-0.39, 0.29) is 0 Å². The summed E-state index contributed by atoms with van der Waals surface area (Å²) < 4.78 is 39.3. The van der Waals surface area contributed by atoms with E-state index in [9.17, 15) is 19.2 Å². The van der Waals surface area contributed by atoms with E-state index >= 15 is 4.39 Å². The highest BCUT2D eigenvalue weighted by atomic mass is 19.2. The highest BCUT2D eigenvalue weighted by Gasteiger charge is 2.61. The van der Waals surface area contributed by atoms with Gasteiger partial charge in [0.2, 0.25) is 6.10 Å². The van der Waals surface area contributed by atoms with Gasteiger partial charge in [-0.15, -0.1) is 0 Å². The van der Waals surface area contributed by atoms with Crippen molar-refractivity contribution in [1.29, 1.82) is 0 Å². The lowest BCUT2D eigenvalue weighted by molar-refractivity contribution is -0.219. The first kappa shape index (κ1) is 19.8. The molecule has 10 heteroatoms. The minimum Gasteiger partial charge on any atom is -0.463 e. The average Bonchev–Trinajstić information content (AvgIpc) is 2.68. The Kier molecular flexibility index (Phi) is 6.64. The fraction of sp³-hybridized carbons (Fsp3) is 0.714. The van der Waals surface area contributed by atoms with Crippen LogP contribution in [0.1, 0.15) is 27.7 Å². The first-order chi connectivity index (χ1) is 11.0. The van der Waals surface area contributed by atoms with Crippen molar-refractivity contribution in [2.45, 2.75) is 51.9 Å². The molecule has 1 rings (SSSR count). The zero-order valence-electron chi connectivity index (χ0n) is 13.7. The topological polar surface area (TPSA) is 114 Å². The summed E-state index contributed by atoms with van der Waals surface area (Å²) in [7, 11) is 0. The van der Waals surface area contributed by atoms with Crippen LogP contribution in [0.3, 0.4) is 0 Å². The van der Waals surface area contributed by atoms with E-state index in [4.69, 9.17) is 18.9 Å². The van der Waals surface area contributed by atoms with E-state index < -0.39 is 61.3 Å². The summed E-state index contributed by atoms with van der Waals surface area (Å²) in [6, 6.07) is 0. The largest absolute Gasteiger partial charge is 0.463 e. The van der Waals surface area contributed by atoms with Crippen LogP contribution in [0.2, 0.25) is 0 Å². The summed E-state index contributed by atoms with van der Waals surface area (Å²) in [4.78, 5) is 44.4. The molecule has 24 heavy (non-hydrogen) atoms. The Hall–Kier alpha value is -2.23. The molecule has 1 saturated heterocycles. The molecule has 0 amide bonds. The molecular formula is C14H19FO9. The smallest absolute Gasteiger partial charge is 0.303 e. The van der Waals surface area contributed by atoms with Gasteiger partial charge in [-0.2, -0.15) is 0 Å². The highest BCUT2D eigenvalue weighted by molar-refractivity contribution is 5.68. The second-order valence-corrected chi connectivity index (χ2v) is 5.13. The molecule has 136 valence electrons. The van der Waals surface area contributed by atoms with Gasteiger partial charge in [0.15, 0.2) is 12.7 Å². The number of carbonyl (C=O) groups is 4. The van der Waals surface area contributed by atoms with Crippen LogP contribution in [0.25, 0.3) is 0 Å². The van der Waals surface area contributed by atoms with Crippen LogP contribution in [-0.2, 0) is 42.9 Å². The zero-order chi connectivity index (χ0) is 18.5. The van der Waals surface area contributed by atoms with Gasteiger partial charge in [-0.3, -0.25) is 19.2 Å². The summed E-state index contributed by atoms with van der Waals surface area (Å²) in [6.45, 7) is 2.93. The lowest BCUT2D eigenvalue weighted by Crippen LogP contribution is -2.47. The van der Waals surface area contributed by atoms with Crippen LogP contribution >= 0.6 is 0 Å². The van der Waals surface area contributed by atoms with Crippen molar-refractivity contribution in [3.8, 4) is 0 Å². The minimum atomic E-state index is -2.76. The van der Waals surface area contributed by atoms with Gasteiger partial charge >= 0.3 is 23.9 Å². The van der Waals surface area contributed by atoms with Crippen LogP contribution < -0.4 is 0 Å². The third-order valence-electron chi connectivity index (χ3n) is 2.96. The third-order valence-corrected chi connectivity index (χ3v) is 2.96. The lowest BCUT2D eigenvalue weighted by Gasteiger charge is -2.26. The zero-order valence-corrected chi connectivity index (χ0v) is 13.7. The normalized spacial score (nSPS) is 28.8. The van der Waals surface area contributed by atoms with Crippen molar-refractivity contribution < 1.29 is 47.3 Å². The third kappa shape index (κ3) is 5.44. The molecule has 0 aromatic heterocycles. The van der Waals surface area contributed by atoms with E-state index in [2.05, 4.69) is 4.74 Å². The number of rotatable bonds is 6. The Bertz CT molecular complexity index is 520. The molecule has 4 atom stereocenters. The maximum Gasteiger partial charge on any atom is 0.303 e. The average molecular weight is 350 g/mol. The van der Waals surface area contributed by atoms with Gasteiger partial charge in [0.1, 0.15) is 12.7 Å². The molecule has 0 aromatic rings. The summed E-state index contributed by atoms with van der Waals surface area (Å²) in [5, 5.41) is 0. The molecule has 0 N–H and O–H groups in total. The maximum atomic E-state index is 15.1. The van der Waals surface area contributed by atoms with Crippen molar-refractivity contribution in [1.82, 2.24) is 0 Å². The lowest BCUT2D eigenvalue weighted by atomic mass is 10.1. The predicted octanol–water partition coefficient (Wildman–Crippen LogP) is 0.0406. The first-order valence-corrected chi connectivity index (χ1v) is 7.03. The van der Waals surface area contributed by atoms with Crippen molar-refractivity contribution >= 4 is 23.9 Å². The second-order valence-electron chi connectivity index (χ2n) is 5.13. The van der Waals surface area contributed by atoms with E-state index in [1.54, 1.807) is 0 Å². The van der Waals surface area contributed by atoms with Crippen molar-refractivity contribution in [3.05, 3.63) is 0 Å². The number of alkyl halides is 1.